The normalized spacial score (nSPS) is 14.3. The average Bonchev–Trinajstić information content (AvgIpc) is 3.50. The minimum Gasteiger partial charge on any atom is -0.330 e. The van der Waals surface area contributed by atoms with Crippen LogP contribution >= 0.6 is 23.1 Å². The van der Waals surface area contributed by atoms with Crippen molar-refractivity contribution in [1.82, 2.24) is 9.80 Å². The molecule has 8 heteroatoms. The molecule has 0 saturated carbocycles. The summed E-state index contributed by atoms with van der Waals surface area (Å²) in [5.74, 6) is -0.00991. The summed E-state index contributed by atoms with van der Waals surface area (Å²) in [5, 5.41) is 13.6. The number of aryl methyl sites for hydroxylation is 1. The molecule has 1 aliphatic heterocycles. The van der Waals surface area contributed by atoms with Crippen molar-refractivity contribution in [3.05, 3.63) is 122 Å². The van der Waals surface area contributed by atoms with Gasteiger partial charge in [-0.05, 0) is 60.5 Å². The van der Waals surface area contributed by atoms with Crippen LogP contribution in [0.25, 0.3) is 0 Å². The molecule has 4 aromatic rings. The monoisotopic (exact) mass is 557 g/mol. The summed E-state index contributed by atoms with van der Waals surface area (Å²) in [6, 6.07) is 27.5. The lowest BCUT2D eigenvalue weighted by Crippen LogP contribution is -2.46. The van der Waals surface area contributed by atoms with Gasteiger partial charge in [-0.25, -0.2) is 0 Å². The van der Waals surface area contributed by atoms with Crippen LogP contribution in [-0.4, -0.2) is 39.8 Å². The first kappa shape index (κ1) is 27.1. The zero-order valence-corrected chi connectivity index (χ0v) is 23.5. The first-order chi connectivity index (χ1) is 19.0. The van der Waals surface area contributed by atoms with Crippen LogP contribution in [0.4, 0.5) is 5.69 Å². The Kier molecular flexibility index (Phi) is 8.76. The Morgan fingerprint density at radius 2 is 1.77 bits per heavy atom. The molecule has 0 spiro atoms. The van der Waals surface area contributed by atoms with Crippen molar-refractivity contribution in [2.45, 2.75) is 48.7 Å². The Balaban J connectivity index is 1.40. The zero-order chi connectivity index (χ0) is 27.2. The van der Waals surface area contributed by atoms with Gasteiger partial charge in [0.1, 0.15) is 0 Å². The number of rotatable bonds is 9. The molecule has 1 saturated heterocycles. The largest absolute Gasteiger partial charge is 0.330 e. The smallest absolute Gasteiger partial charge is 0.269 e. The first-order valence-electron chi connectivity index (χ1n) is 13.1. The van der Waals surface area contributed by atoms with Gasteiger partial charge in [0, 0.05) is 54.1 Å². The lowest BCUT2D eigenvalue weighted by atomic mass is 10.0. The van der Waals surface area contributed by atoms with Crippen molar-refractivity contribution >= 4 is 34.7 Å². The van der Waals surface area contributed by atoms with Crippen molar-refractivity contribution in [3.63, 3.8) is 0 Å². The first-order valence-corrected chi connectivity index (χ1v) is 14.8. The average molecular weight is 558 g/mol. The third-order valence-electron chi connectivity index (χ3n) is 7.08. The SMILES string of the molecule is Cc1ccc(Sc2ccc([N+](=O)[O-])cc2CN(C(=O)c2cccs2)C2CCN(Cc3ccccc3)CC2)cc1. The summed E-state index contributed by atoms with van der Waals surface area (Å²) < 4.78 is 0. The molecular weight excluding hydrogens is 526 g/mol. The van der Waals surface area contributed by atoms with Gasteiger partial charge in [0.05, 0.1) is 9.80 Å². The van der Waals surface area contributed by atoms with Gasteiger partial charge >= 0.3 is 0 Å². The highest BCUT2D eigenvalue weighted by atomic mass is 32.2. The Labute approximate surface area is 237 Å². The predicted molar refractivity (Wildman–Crippen MR) is 157 cm³/mol. The topological polar surface area (TPSA) is 66.7 Å². The minimum absolute atomic E-state index is 0.00991. The lowest BCUT2D eigenvalue weighted by Gasteiger charge is -2.38. The summed E-state index contributed by atoms with van der Waals surface area (Å²) in [4.78, 5) is 32.2. The third kappa shape index (κ3) is 6.95. The number of likely N-dealkylation sites (tertiary alicyclic amines) is 1. The van der Waals surface area contributed by atoms with Gasteiger partial charge in [-0.3, -0.25) is 19.8 Å². The predicted octanol–water partition coefficient (Wildman–Crippen LogP) is 7.42. The van der Waals surface area contributed by atoms with Gasteiger partial charge < -0.3 is 4.90 Å². The lowest BCUT2D eigenvalue weighted by molar-refractivity contribution is -0.385. The Morgan fingerprint density at radius 3 is 2.44 bits per heavy atom. The number of nitro benzene ring substituents is 1. The van der Waals surface area contributed by atoms with Gasteiger partial charge in [0.25, 0.3) is 11.6 Å². The number of hydrogen-bond donors (Lipinski definition) is 0. The number of carbonyl (C=O) groups is 1. The van der Waals surface area contributed by atoms with Gasteiger partial charge in [0.15, 0.2) is 0 Å². The van der Waals surface area contributed by atoms with Crippen LogP contribution < -0.4 is 0 Å². The number of hydrogen-bond acceptors (Lipinski definition) is 6. The van der Waals surface area contributed by atoms with Gasteiger partial charge in [-0.1, -0.05) is 65.9 Å². The molecule has 0 aliphatic carbocycles. The van der Waals surface area contributed by atoms with Crippen LogP contribution in [-0.2, 0) is 13.1 Å². The minimum atomic E-state index is -0.364. The van der Waals surface area contributed by atoms with E-state index in [1.54, 1.807) is 23.9 Å². The van der Waals surface area contributed by atoms with Crippen LogP contribution in [0, 0.1) is 17.0 Å². The molecule has 0 radical (unpaired) electrons. The number of nitrogens with zero attached hydrogens (tertiary/aromatic N) is 3. The molecule has 0 atom stereocenters. The van der Waals surface area contributed by atoms with Crippen LogP contribution in [0.3, 0.4) is 0 Å². The molecule has 2 heterocycles. The van der Waals surface area contributed by atoms with Crippen molar-refractivity contribution in [3.8, 4) is 0 Å². The number of nitro groups is 1. The van der Waals surface area contributed by atoms with E-state index >= 15 is 0 Å². The summed E-state index contributed by atoms with van der Waals surface area (Å²) in [6.45, 7) is 5.07. The van der Waals surface area contributed by atoms with Gasteiger partial charge in [-0.2, -0.15) is 0 Å². The summed E-state index contributed by atoms with van der Waals surface area (Å²) >= 11 is 3.01. The van der Waals surface area contributed by atoms with E-state index in [2.05, 4.69) is 53.4 Å². The van der Waals surface area contributed by atoms with E-state index in [0.717, 1.165) is 47.8 Å². The number of benzene rings is 3. The summed E-state index contributed by atoms with van der Waals surface area (Å²) in [5.41, 5.74) is 3.30. The van der Waals surface area contributed by atoms with Crippen LogP contribution in [0.1, 0.15) is 39.2 Å². The van der Waals surface area contributed by atoms with Crippen LogP contribution in [0.15, 0.2) is 100 Å². The van der Waals surface area contributed by atoms with E-state index < -0.39 is 0 Å². The standard InChI is InChI=1S/C31H31N3O3S2/c1-23-9-12-28(13-10-23)39-29-14-11-27(34(36)37)20-25(29)22-33(31(35)30-8-5-19-38-30)26-15-17-32(18-16-26)21-24-6-3-2-4-7-24/h2-14,19-20,26H,15-18,21-22H2,1H3. The summed E-state index contributed by atoms with van der Waals surface area (Å²) in [7, 11) is 0. The molecule has 3 aromatic carbocycles. The second-order valence-corrected chi connectivity index (χ2v) is 11.9. The van der Waals surface area contributed by atoms with Gasteiger partial charge in [0.2, 0.25) is 0 Å². The number of amides is 1. The molecule has 6 nitrogen and oxygen atoms in total. The van der Waals surface area contributed by atoms with Crippen molar-refractivity contribution in [1.29, 1.82) is 0 Å². The fourth-order valence-corrected chi connectivity index (χ4v) is 6.55. The van der Waals surface area contributed by atoms with Crippen LogP contribution in [0.5, 0.6) is 0 Å². The Bertz CT molecular complexity index is 1400. The van der Waals surface area contributed by atoms with E-state index in [0.29, 0.717) is 11.4 Å². The fraction of sp³-hybridized carbons (Fsp3) is 0.258. The number of thiophene rings is 1. The van der Waals surface area contributed by atoms with E-state index in [1.807, 2.05) is 41.5 Å². The molecule has 5 rings (SSSR count). The van der Waals surface area contributed by atoms with Gasteiger partial charge in [-0.15, -0.1) is 11.3 Å². The van der Waals surface area contributed by atoms with E-state index in [1.165, 1.54) is 22.5 Å². The molecule has 0 unspecified atom stereocenters. The summed E-state index contributed by atoms with van der Waals surface area (Å²) in [6.07, 6.45) is 1.72. The maximum Gasteiger partial charge on any atom is 0.269 e. The van der Waals surface area contributed by atoms with Crippen molar-refractivity contribution < 1.29 is 9.72 Å². The maximum absolute atomic E-state index is 13.8. The van der Waals surface area contributed by atoms with E-state index in [-0.39, 0.29) is 22.6 Å². The second kappa shape index (κ2) is 12.6. The third-order valence-corrected chi connectivity index (χ3v) is 9.07. The Morgan fingerprint density at radius 1 is 1.03 bits per heavy atom. The molecule has 0 N–H and O–H groups in total. The number of piperidine rings is 1. The zero-order valence-electron chi connectivity index (χ0n) is 21.9. The van der Waals surface area contributed by atoms with E-state index in [9.17, 15) is 14.9 Å². The maximum atomic E-state index is 13.8. The van der Waals surface area contributed by atoms with E-state index in [4.69, 9.17) is 0 Å². The van der Waals surface area contributed by atoms with Crippen LogP contribution in [0.2, 0.25) is 0 Å². The molecule has 1 amide bonds. The van der Waals surface area contributed by atoms with Crippen molar-refractivity contribution in [2.75, 3.05) is 13.1 Å². The number of non-ortho nitro benzene ring substituents is 1. The highest BCUT2D eigenvalue weighted by molar-refractivity contribution is 7.99. The molecule has 0 bridgehead atoms. The second-order valence-electron chi connectivity index (χ2n) is 9.87. The molecule has 200 valence electrons. The highest BCUT2D eigenvalue weighted by Gasteiger charge is 2.30. The molecule has 1 aromatic heterocycles. The molecule has 1 aliphatic rings. The number of carbonyl (C=O) groups excluding carboxylic acids is 1. The molecule has 39 heavy (non-hydrogen) atoms. The fourth-order valence-electron chi connectivity index (χ4n) is 4.96. The molecular formula is C31H31N3O3S2. The molecule has 1 fully saturated rings. The van der Waals surface area contributed by atoms with Crippen molar-refractivity contribution in [2.24, 2.45) is 0 Å². The quantitative estimate of drug-likeness (QED) is 0.158. The Hall–Kier alpha value is -3.46. The highest BCUT2D eigenvalue weighted by Crippen LogP contribution is 2.35.